The quantitative estimate of drug-likeness (QED) is 0.742. The van der Waals surface area contributed by atoms with Crippen molar-refractivity contribution in [3.63, 3.8) is 0 Å². The number of ether oxygens (including phenoxy) is 2. The van der Waals surface area contributed by atoms with Crippen molar-refractivity contribution in [2.75, 3.05) is 13.7 Å². The van der Waals surface area contributed by atoms with E-state index in [0.29, 0.717) is 6.61 Å². The maximum absolute atomic E-state index is 11.7. The van der Waals surface area contributed by atoms with Gasteiger partial charge in [-0.2, -0.15) is 0 Å². The summed E-state index contributed by atoms with van der Waals surface area (Å²) in [6.45, 7) is 6.02. The Morgan fingerprint density at radius 1 is 1.28 bits per heavy atom. The van der Waals surface area contributed by atoms with Crippen molar-refractivity contribution in [1.82, 2.24) is 0 Å². The molecule has 0 unspecified atom stereocenters. The maximum Gasteiger partial charge on any atom is 0.321 e. The summed E-state index contributed by atoms with van der Waals surface area (Å²) in [5.74, 6) is 1.45. The predicted octanol–water partition coefficient (Wildman–Crippen LogP) is 3.27. The highest BCUT2D eigenvalue weighted by Crippen LogP contribution is 2.29. The summed E-state index contributed by atoms with van der Waals surface area (Å²) < 4.78 is 9.64. The van der Waals surface area contributed by atoms with Crippen molar-refractivity contribution in [2.24, 2.45) is 0 Å². The van der Waals surface area contributed by atoms with Gasteiger partial charge in [0.2, 0.25) is 0 Å². The number of carbonyl (C=O) groups excluding carboxylic acids is 1. The zero-order valence-electron chi connectivity index (χ0n) is 11.4. The Hall–Kier alpha value is -1.16. The molecule has 0 bridgehead atoms. The van der Waals surface area contributed by atoms with Gasteiger partial charge in [-0.3, -0.25) is 4.79 Å². The Balaban J connectivity index is 2.55. The molecule has 0 fully saturated rings. The zero-order chi connectivity index (χ0) is 13.6. The van der Waals surface area contributed by atoms with E-state index in [1.54, 1.807) is 18.9 Å². The number of esters is 1. The second kappa shape index (κ2) is 6.69. The van der Waals surface area contributed by atoms with Crippen LogP contribution in [0.25, 0.3) is 0 Å². The Morgan fingerprint density at radius 2 is 1.89 bits per heavy atom. The van der Waals surface area contributed by atoms with Crippen molar-refractivity contribution < 1.29 is 14.3 Å². The van der Waals surface area contributed by atoms with E-state index in [9.17, 15) is 4.79 Å². The molecule has 0 N–H and O–H groups in total. The molecular formula is C14H20O3S. The van der Waals surface area contributed by atoms with Gasteiger partial charge in [0, 0.05) is 5.75 Å². The fourth-order valence-corrected chi connectivity index (χ4v) is 2.25. The molecule has 1 rings (SSSR count). The number of thioether (sulfide) groups is 1. The highest BCUT2D eigenvalue weighted by Gasteiger charge is 2.29. The molecule has 0 saturated carbocycles. The fraction of sp³-hybridized carbons (Fsp3) is 0.500. The molecule has 0 aliphatic carbocycles. The van der Waals surface area contributed by atoms with Crippen LogP contribution in [0.3, 0.4) is 0 Å². The van der Waals surface area contributed by atoms with Crippen LogP contribution in [0.1, 0.15) is 26.3 Å². The molecule has 0 heterocycles. The summed E-state index contributed by atoms with van der Waals surface area (Å²) in [4.78, 5) is 11.7. The summed E-state index contributed by atoms with van der Waals surface area (Å²) in [7, 11) is 1.65. The van der Waals surface area contributed by atoms with Crippen molar-refractivity contribution in [1.29, 1.82) is 0 Å². The smallest absolute Gasteiger partial charge is 0.321 e. The van der Waals surface area contributed by atoms with Crippen molar-refractivity contribution in [3.05, 3.63) is 29.8 Å². The first-order valence-electron chi connectivity index (χ1n) is 5.93. The van der Waals surface area contributed by atoms with Crippen molar-refractivity contribution in [2.45, 2.75) is 31.3 Å². The van der Waals surface area contributed by atoms with E-state index < -0.39 is 4.75 Å². The molecule has 3 nitrogen and oxygen atoms in total. The van der Waals surface area contributed by atoms with E-state index in [-0.39, 0.29) is 5.97 Å². The van der Waals surface area contributed by atoms with Gasteiger partial charge < -0.3 is 9.47 Å². The third-order valence-corrected chi connectivity index (χ3v) is 3.89. The van der Waals surface area contributed by atoms with Crippen LogP contribution in [0.15, 0.2) is 24.3 Å². The molecule has 100 valence electrons. The van der Waals surface area contributed by atoms with Gasteiger partial charge >= 0.3 is 5.97 Å². The van der Waals surface area contributed by atoms with Crippen LogP contribution in [-0.2, 0) is 15.3 Å². The molecule has 0 aromatic heterocycles. The van der Waals surface area contributed by atoms with Crippen LogP contribution in [0.2, 0.25) is 0 Å². The Kier molecular flexibility index (Phi) is 5.54. The number of hydrogen-bond acceptors (Lipinski definition) is 4. The van der Waals surface area contributed by atoms with E-state index in [2.05, 4.69) is 0 Å². The third-order valence-electron chi connectivity index (χ3n) is 2.53. The average Bonchev–Trinajstić information content (AvgIpc) is 2.37. The van der Waals surface area contributed by atoms with E-state index in [1.807, 2.05) is 45.0 Å². The molecule has 1 aromatic rings. The highest BCUT2D eigenvalue weighted by molar-refractivity contribution is 8.00. The number of carbonyl (C=O) groups is 1. The second-order valence-electron chi connectivity index (χ2n) is 4.37. The molecule has 0 aliphatic rings. The SMILES string of the molecule is CCOC(=O)C(C)(C)SCc1ccc(OC)cc1. The number of rotatable bonds is 6. The molecule has 0 spiro atoms. The lowest BCUT2D eigenvalue weighted by atomic mass is 10.2. The minimum atomic E-state index is -0.518. The summed E-state index contributed by atoms with van der Waals surface area (Å²) in [5, 5.41) is 0. The van der Waals surface area contributed by atoms with E-state index >= 15 is 0 Å². The molecule has 0 amide bonds. The summed E-state index contributed by atoms with van der Waals surface area (Å²) in [5.41, 5.74) is 1.16. The summed E-state index contributed by atoms with van der Waals surface area (Å²) >= 11 is 1.58. The van der Waals surface area contributed by atoms with Gasteiger partial charge in [0.1, 0.15) is 10.5 Å². The normalized spacial score (nSPS) is 11.1. The molecule has 1 aromatic carbocycles. The Morgan fingerprint density at radius 3 is 2.39 bits per heavy atom. The first-order valence-corrected chi connectivity index (χ1v) is 6.92. The van der Waals surface area contributed by atoms with Crippen LogP contribution >= 0.6 is 11.8 Å². The lowest BCUT2D eigenvalue weighted by Gasteiger charge is -2.21. The van der Waals surface area contributed by atoms with Crippen molar-refractivity contribution in [3.8, 4) is 5.75 Å². The standard InChI is InChI=1S/C14H20O3S/c1-5-17-13(15)14(2,3)18-10-11-6-8-12(16-4)9-7-11/h6-9H,5,10H2,1-4H3. The monoisotopic (exact) mass is 268 g/mol. The molecule has 4 heteroatoms. The van der Waals surface area contributed by atoms with Gasteiger partial charge in [0.25, 0.3) is 0 Å². The largest absolute Gasteiger partial charge is 0.497 e. The summed E-state index contributed by atoms with van der Waals surface area (Å²) in [6.07, 6.45) is 0. The lowest BCUT2D eigenvalue weighted by molar-refractivity contribution is -0.145. The molecular weight excluding hydrogens is 248 g/mol. The van der Waals surface area contributed by atoms with E-state index in [0.717, 1.165) is 17.1 Å². The van der Waals surface area contributed by atoms with Crippen LogP contribution in [0.5, 0.6) is 5.75 Å². The van der Waals surface area contributed by atoms with Crippen LogP contribution in [0, 0.1) is 0 Å². The van der Waals surface area contributed by atoms with E-state index in [4.69, 9.17) is 9.47 Å². The van der Waals surface area contributed by atoms with E-state index in [1.165, 1.54) is 0 Å². The first kappa shape index (κ1) is 14.9. The zero-order valence-corrected chi connectivity index (χ0v) is 12.2. The third kappa shape index (κ3) is 4.26. The first-order chi connectivity index (χ1) is 8.49. The van der Waals surface area contributed by atoms with Crippen LogP contribution < -0.4 is 4.74 Å². The number of benzene rings is 1. The van der Waals surface area contributed by atoms with Gasteiger partial charge in [0.05, 0.1) is 13.7 Å². The minimum Gasteiger partial charge on any atom is -0.497 e. The van der Waals surface area contributed by atoms with Crippen LogP contribution in [0.4, 0.5) is 0 Å². The molecule has 18 heavy (non-hydrogen) atoms. The highest BCUT2D eigenvalue weighted by atomic mass is 32.2. The summed E-state index contributed by atoms with van der Waals surface area (Å²) in [6, 6.07) is 7.86. The second-order valence-corrected chi connectivity index (χ2v) is 5.97. The maximum atomic E-state index is 11.7. The van der Waals surface area contributed by atoms with Crippen molar-refractivity contribution >= 4 is 17.7 Å². The lowest BCUT2D eigenvalue weighted by Crippen LogP contribution is -2.30. The van der Waals surface area contributed by atoms with Gasteiger partial charge in [-0.1, -0.05) is 12.1 Å². The van der Waals surface area contributed by atoms with Gasteiger partial charge in [-0.25, -0.2) is 0 Å². The topological polar surface area (TPSA) is 35.5 Å². The van der Waals surface area contributed by atoms with Gasteiger partial charge in [-0.05, 0) is 38.5 Å². The minimum absolute atomic E-state index is 0.163. The predicted molar refractivity (Wildman–Crippen MR) is 75.0 cm³/mol. The van der Waals surface area contributed by atoms with Gasteiger partial charge in [-0.15, -0.1) is 11.8 Å². The molecule has 0 atom stereocenters. The fourth-order valence-electron chi connectivity index (χ4n) is 1.35. The molecule has 0 radical (unpaired) electrons. The number of hydrogen-bond donors (Lipinski definition) is 0. The van der Waals surface area contributed by atoms with Crippen LogP contribution in [-0.4, -0.2) is 24.4 Å². The Labute approximate surface area is 113 Å². The molecule has 0 aliphatic heterocycles. The average molecular weight is 268 g/mol. The van der Waals surface area contributed by atoms with Gasteiger partial charge in [0.15, 0.2) is 0 Å². The number of methoxy groups -OCH3 is 1. The Bertz CT molecular complexity index is 385. The molecule has 0 saturated heterocycles.